The van der Waals surface area contributed by atoms with Crippen molar-refractivity contribution in [1.82, 2.24) is 28.7 Å². The normalized spacial score (nSPS) is 15.4. The Bertz CT molecular complexity index is 1860. The van der Waals surface area contributed by atoms with Crippen molar-refractivity contribution in [3.8, 4) is 17.5 Å². The van der Waals surface area contributed by atoms with Gasteiger partial charge >= 0.3 is 5.69 Å². The summed E-state index contributed by atoms with van der Waals surface area (Å²) in [5, 5.41) is 0. The van der Waals surface area contributed by atoms with Crippen LogP contribution in [-0.2, 0) is 13.1 Å². The molecule has 39 heavy (non-hydrogen) atoms. The molecule has 3 aromatic heterocycles. The van der Waals surface area contributed by atoms with Gasteiger partial charge < -0.3 is 10.6 Å². The van der Waals surface area contributed by atoms with Gasteiger partial charge in [-0.25, -0.2) is 9.36 Å². The van der Waals surface area contributed by atoms with Gasteiger partial charge in [0.2, 0.25) is 5.95 Å². The third-order valence-corrected chi connectivity index (χ3v) is 7.05. The molecular weight excluding hydrogens is 492 g/mol. The first-order valence-electron chi connectivity index (χ1n) is 13.0. The lowest BCUT2D eigenvalue weighted by Crippen LogP contribution is -2.44. The first-order valence-corrected chi connectivity index (χ1v) is 13.0. The Kier molecular flexibility index (Phi) is 6.42. The number of benzene rings is 2. The minimum absolute atomic E-state index is 0.00764. The molecule has 2 N–H and O–H groups in total. The highest BCUT2D eigenvalue weighted by atomic mass is 16.2. The van der Waals surface area contributed by atoms with E-state index in [1.54, 1.807) is 19.3 Å². The second-order valence-electron chi connectivity index (χ2n) is 9.67. The summed E-state index contributed by atoms with van der Waals surface area (Å²) < 4.78 is 4.60. The molecule has 6 rings (SSSR count). The zero-order valence-corrected chi connectivity index (χ0v) is 21.6. The quantitative estimate of drug-likeness (QED) is 0.354. The van der Waals surface area contributed by atoms with E-state index in [4.69, 9.17) is 10.7 Å². The van der Waals surface area contributed by atoms with Gasteiger partial charge in [0, 0.05) is 31.5 Å². The van der Waals surface area contributed by atoms with Crippen LogP contribution in [0.5, 0.6) is 0 Å². The Morgan fingerprint density at radius 2 is 1.82 bits per heavy atom. The minimum Gasteiger partial charge on any atom is -0.341 e. The van der Waals surface area contributed by atoms with Crippen LogP contribution in [0.25, 0.3) is 27.9 Å². The minimum atomic E-state index is -0.467. The molecule has 1 unspecified atom stereocenters. The highest BCUT2D eigenvalue weighted by Gasteiger charge is 2.27. The standard InChI is InChI=1S/C29H28N8O2/c1-2-3-16-35-25-26(33-28(35)34-15-7-8-21(30)19-34)37(22-9-5-4-6-10-22)29(39)36(27(25)38)18-20-11-12-23-24(17-20)32-14-13-31-23/h4-6,9-14,17,21H,7-8,15-16,18-19,30H2,1H3. The van der Waals surface area contributed by atoms with Crippen LogP contribution < -0.4 is 21.9 Å². The third-order valence-electron chi connectivity index (χ3n) is 7.05. The molecule has 1 saturated heterocycles. The lowest BCUT2D eigenvalue weighted by atomic mass is 10.1. The van der Waals surface area contributed by atoms with Crippen molar-refractivity contribution in [3.05, 3.63) is 87.3 Å². The van der Waals surface area contributed by atoms with E-state index in [1.807, 2.05) is 53.1 Å². The van der Waals surface area contributed by atoms with E-state index < -0.39 is 11.2 Å². The van der Waals surface area contributed by atoms with Gasteiger partial charge in [-0.3, -0.25) is 23.9 Å². The number of imidazole rings is 1. The summed E-state index contributed by atoms with van der Waals surface area (Å²) in [5.74, 6) is 6.61. The monoisotopic (exact) mass is 520 g/mol. The molecule has 2 aromatic carbocycles. The van der Waals surface area contributed by atoms with Gasteiger partial charge in [-0.2, -0.15) is 4.98 Å². The van der Waals surface area contributed by atoms with Gasteiger partial charge in [-0.1, -0.05) is 30.2 Å². The number of hydrogen-bond acceptors (Lipinski definition) is 7. The SMILES string of the molecule is CC#CCn1c(N2CCCC(N)C2)nc2c1c(=O)n(Cc1ccc3nccnc3c1)c(=O)n2-c1ccccc1. The average Bonchev–Trinajstić information content (AvgIpc) is 3.34. The van der Waals surface area contributed by atoms with Gasteiger partial charge in [0.15, 0.2) is 11.2 Å². The van der Waals surface area contributed by atoms with Crippen molar-refractivity contribution in [1.29, 1.82) is 0 Å². The fraction of sp³-hybridized carbons (Fsp3) is 0.276. The number of anilines is 1. The van der Waals surface area contributed by atoms with Crippen molar-refractivity contribution in [2.45, 2.75) is 38.9 Å². The second-order valence-corrected chi connectivity index (χ2v) is 9.67. The van der Waals surface area contributed by atoms with Gasteiger partial charge in [0.05, 0.1) is 29.8 Å². The molecule has 0 aliphatic carbocycles. The first-order chi connectivity index (χ1) is 19.0. The molecule has 196 valence electrons. The van der Waals surface area contributed by atoms with Crippen LogP contribution in [0, 0.1) is 11.8 Å². The maximum Gasteiger partial charge on any atom is 0.337 e. The van der Waals surface area contributed by atoms with Crippen LogP contribution in [-0.4, -0.2) is 47.8 Å². The van der Waals surface area contributed by atoms with Gasteiger partial charge in [0.25, 0.3) is 5.56 Å². The van der Waals surface area contributed by atoms with Crippen molar-refractivity contribution in [3.63, 3.8) is 0 Å². The number of piperidine rings is 1. The van der Waals surface area contributed by atoms with Crippen LogP contribution in [0.3, 0.4) is 0 Å². The molecule has 0 spiro atoms. The van der Waals surface area contributed by atoms with E-state index in [0.717, 1.165) is 30.5 Å². The molecule has 4 heterocycles. The van der Waals surface area contributed by atoms with E-state index in [2.05, 4.69) is 26.7 Å². The van der Waals surface area contributed by atoms with Crippen LogP contribution in [0.4, 0.5) is 5.95 Å². The highest BCUT2D eigenvalue weighted by Crippen LogP contribution is 2.24. The maximum absolute atomic E-state index is 14.1. The topological polar surface area (TPSA) is 117 Å². The average molecular weight is 521 g/mol. The Morgan fingerprint density at radius 3 is 2.59 bits per heavy atom. The fourth-order valence-electron chi connectivity index (χ4n) is 5.20. The smallest absolute Gasteiger partial charge is 0.337 e. The Hall–Kier alpha value is -4.75. The summed E-state index contributed by atoms with van der Waals surface area (Å²) in [6.45, 7) is 3.48. The molecule has 1 aliphatic rings. The predicted molar refractivity (Wildman–Crippen MR) is 151 cm³/mol. The number of aromatic nitrogens is 6. The number of hydrogen-bond donors (Lipinski definition) is 1. The van der Waals surface area contributed by atoms with Crippen LogP contribution in [0.1, 0.15) is 25.3 Å². The van der Waals surface area contributed by atoms with Gasteiger partial charge in [0.1, 0.15) is 0 Å². The molecule has 10 heteroatoms. The Balaban J connectivity index is 1.62. The molecule has 5 aromatic rings. The summed E-state index contributed by atoms with van der Waals surface area (Å²) in [6.07, 6.45) is 5.10. The number of fused-ring (bicyclic) bond motifs is 2. The van der Waals surface area contributed by atoms with Crippen LogP contribution >= 0.6 is 0 Å². The lowest BCUT2D eigenvalue weighted by Gasteiger charge is -2.31. The van der Waals surface area contributed by atoms with Crippen LogP contribution in [0.2, 0.25) is 0 Å². The van der Waals surface area contributed by atoms with Crippen LogP contribution in [0.15, 0.2) is 70.5 Å². The largest absolute Gasteiger partial charge is 0.341 e. The zero-order valence-electron chi connectivity index (χ0n) is 21.6. The number of nitrogens with two attached hydrogens (primary N) is 1. The van der Waals surface area contributed by atoms with Crippen molar-refractivity contribution < 1.29 is 0 Å². The Labute approximate surface area is 224 Å². The number of para-hydroxylation sites is 1. The zero-order chi connectivity index (χ0) is 26.9. The van der Waals surface area contributed by atoms with Crippen molar-refractivity contribution >= 4 is 28.1 Å². The van der Waals surface area contributed by atoms with E-state index in [0.29, 0.717) is 34.9 Å². The summed E-state index contributed by atoms with van der Waals surface area (Å²) in [7, 11) is 0. The Morgan fingerprint density at radius 1 is 1.03 bits per heavy atom. The van der Waals surface area contributed by atoms with E-state index in [9.17, 15) is 9.59 Å². The molecule has 0 bridgehead atoms. The number of nitrogens with zero attached hydrogens (tertiary/aromatic N) is 7. The van der Waals surface area contributed by atoms with E-state index in [1.165, 1.54) is 9.13 Å². The summed E-state index contributed by atoms with van der Waals surface area (Å²) in [5.41, 5.74) is 8.88. The molecule has 1 fully saturated rings. The van der Waals surface area contributed by atoms with Crippen molar-refractivity contribution in [2.24, 2.45) is 5.73 Å². The van der Waals surface area contributed by atoms with E-state index in [-0.39, 0.29) is 19.1 Å². The maximum atomic E-state index is 14.1. The third kappa shape index (κ3) is 4.47. The molecule has 0 amide bonds. The second kappa shape index (κ2) is 10.2. The summed E-state index contributed by atoms with van der Waals surface area (Å²) >= 11 is 0. The summed E-state index contributed by atoms with van der Waals surface area (Å²) in [6, 6.07) is 14.8. The molecule has 0 saturated carbocycles. The summed E-state index contributed by atoms with van der Waals surface area (Å²) in [4.78, 5) is 43.8. The number of rotatable bonds is 5. The predicted octanol–water partition coefficient (Wildman–Crippen LogP) is 2.29. The van der Waals surface area contributed by atoms with Crippen molar-refractivity contribution in [2.75, 3.05) is 18.0 Å². The highest BCUT2D eigenvalue weighted by molar-refractivity contribution is 5.77. The molecular formula is C29H28N8O2. The molecule has 0 radical (unpaired) electrons. The molecule has 1 atom stereocenters. The molecule has 10 nitrogen and oxygen atoms in total. The first kappa shape index (κ1) is 24.6. The van der Waals surface area contributed by atoms with Gasteiger partial charge in [-0.15, -0.1) is 5.92 Å². The van der Waals surface area contributed by atoms with Gasteiger partial charge in [-0.05, 0) is 49.6 Å². The molecule has 1 aliphatic heterocycles. The fourth-order valence-corrected chi connectivity index (χ4v) is 5.20. The van der Waals surface area contributed by atoms with E-state index >= 15 is 0 Å². The lowest BCUT2D eigenvalue weighted by molar-refractivity contribution is 0.496.